The summed E-state index contributed by atoms with van der Waals surface area (Å²) in [4.78, 5) is 0. The van der Waals surface area contributed by atoms with Crippen LogP contribution in [0.25, 0.3) is 0 Å². The molecule has 40 valence electrons. The number of hydrogen-bond acceptors (Lipinski definition) is 2. The van der Waals surface area contributed by atoms with Crippen LogP contribution in [0, 0.1) is 0 Å². The highest BCUT2D eigenvalue weighted by Crippen LogP contribution is 1.56. The van der Waals surface area contributed by atoms with Crippen LogP contribution in [0.3, 0.4) is 0 Å². The van der Waals surface area contributed by atoms with E-state index in [0.29, 0.717) is 6.61 Å². The molecule has 0 saturated carbocycles. The van der Waals surface area contributed by atoms with Gasteiger partial charge in [-0.15, -0.1) is 0 Å². The third kappa shape index (κ3) is 8.91. The molecule has 0 aliphatic heterocycles. The molecule has 0 amide bonds. The second-order valence-electron chi connectivity index (χ2n) is 0.716. The van der Waals surface area contributed by atoms with Crippen molar-refractivity contribution in [2.75, 3.05) is 20.3 Å². The van der Waals surface area contributed by atoms with E-state index in [0.717, 1.165) is 0 Å². The van der Waals surface area contributed by atoms with Gasteiger partial charge in [-0.2, -0.15) is 0 Å². The molecule has 0 bridgehead atoms. The van der Waals surface area contributed by atoms with E-state index < -0.39 is 0 Å². The lowest BCUT2D eigenvalue weighted by Gasteiger charge is -1.84. The van der Waals surface area contributed by atoms with Crippen LogP contribution in [0.2, 0.25) is 0 Å². The number of methoxy groups -OCH3 is 1. The highest BCUT2D eigenvalue weighted by atomic mass is 28.1. The number of hydrogen-bond donors (Lipinski definition) is 1. The first-order valence-corrected chi connectivity index (χ1v) is 1.51. The van der Waals surface area contributed by atoms with Crippen molar-refractivity contribution in [3.8, 4) is 0 Å². The van der Waals surface area contributed by atoms with E-state index in [1.54, 1.807) is 7.11 Å². The lowest BCUT2D eigenvalue weighted by Crippen LogP contribution is -1.91. The van der Waals surface area contributed by atoms with Gasteiger partial charge in [-0.3, -0.25) is 0 Å². The number of ether oxygens (including phenoxy) is 1. The molecule has 0 aromatic rings. The van der Waals surface area contributed by atoms with Gasteiger partial charge >= 0.3 is 0 Å². The third-order valence-corrected chi connectivity index (χ3v) is 0.295. The summed E-state index contributed by atoms with van der Waals surface area (Å²) in [5, 5.41) is 7.94. The summed E-state index contributed by atoms with van der Waals surface area (Å²) in [6.07, 6.45) is 0. The Morgan fingerprint density at radius 3 is 2.17 bits per heavy atom. The number of aliphatic hydroxyl groups excluding tert-OH is 1. The molecule has 3 heteroatoms. The minimum absolute atomic E-state index is 0. The SMILES string of the molecule is COCCO.[SiH4]. The normalized spacial score (nSPS) is 7.00. The van der Waals surface area contributed by atoms with Gasteiger partial charge in [0.15, 0.2) is 0 Å². The highest BCUT2D eigenvalue weighted by molar-refractivity contribution is 5.75. The Balaban J connectivity index is 0. The van der Waals surface area contributed by atoms with Gasteiger partial charge in [-0.25, -0.2) is 0 Å². The third-order valence-electron chi connectivity index (χ3n) is 0.295. The summed E-state index contributed by atoms with van der Waals surface area (Å²) >= 11 is 0. The Hall–Kier alpha value is 0.137. The molecule has 0 saturated heterocycles. The van der Waals surface area contributed by atoms with Gasteiger partial charge in [0.1, 0.15) is 0 Å². The van der Waals surface area contributed by atoms with E-state index >= 15 is 0 Å². The maximum atomic E-state index is 7.94. The molecule has 0 aliphatic rings. The van der Waals surface area contributed by atoms with E-state index in [9.17, 15) is 0 Å². The maximum absolute atomic E-state index is 7.94. The van der Waals surface area contributed by atoms with Crippen LogP contribution >= 0.6 is 0 Å². The first kappa shape index (κ1) is 9.46. The average molecular weight is 108 g/mol. The zero-order valence-electron chi connectivity index (χ0n) is 3.27. The standard InChI is InChI=1S/C3H8O2.H4Si/c1-5-3-2-4;/h4H,2-3H2,1H3;1H4. The molecule has 0 aromatic carbocycles. The lowest BCUT2D eigenvalue weighted by molar-refractivity contribution is 0.135. The quantitative estimate of drug-likeness (QED) is 0.422. The van der Waals surface area contributed by atoms with Gasteiger partial charge in [0.2, 0.25) is 0 Å². The molecular formula is C3H12O2Si. The van der Waals surface area contributed by atoms with E-state index in [2.05, 4.69) is 4.74 Å². The Morgan fingerprint density at radius 1 is 1.67 bits per heavy atom. The first-order valence-electron chi connectivity index (χ1n) is 1.51. The summed E-state index contributed by atoms with van der Waals surface area (Å²) in [7, 11) is 1.55. The van der Waals surface area contributed by atoms with Crippen LogP contribution in [0.15, 0.2) is 0 Å². The first-order chi connectivity index (χ1) is 2.41. The zero-order valence-corrected chi connectivity index (χ0v) is 3.27. The Morgan fingerprint density at radius 2 is 2.17 bits per heavy atom. The molecule has 2 nitrogen and oxygen atoms in total. The predicted octanol–water partition coefficient (Wildman–Crippen LogP) is -1.83. The Kier molecular flexibility index (Phi) is 14.1. The average Bonchev–Trinajstić information content (AvgIpc) is 1.41. The molecule has 0 spiro atoms. The van der Waals surface area contributed by atoms with E-state index in [1.807, 2.05) is 0 Å². The van der Waals surface area contributed by atoms with E-state index in [4.69, 9.17) is 5.11 Å². The highest BCUT2D eigenvalue weighted by Gasteiger charge is 1.67. The molecule has 0 unspecified atom stereocenters. The van der Waals surface area contributed by atoms with Crippen molar-refractivity contribution in [3.63, 3.8) is 0 Å². The van der Waals surface area contributed by atoms with Crippen molar-refractivity contribution in [2.24, 2.45) is 0 Å². The molecule has 0 radical (unpaired) electrons. The molecule has 6 heavy (non-hydrogen) atoms. The van der Waals surface area contributed by atoms with Crippen LogP contribution in [-0.4, -0.2) is 36.4 Å². The maximum Gasteiger partial charge on any atom is 0.0693 e. The van der Waals surface area contributed by atoms with Crippen LogP contribution in [0.1, 0.15) is 0 Å². The minimum atomic E-state index is 0. The zero-order chi connectivity index (χ0) is 4.12. The monoisotopic (exact) mass is 108 g/mol. The fourth-order valence-electron chi connectivity index (χ4n) is 0.0913. The van der Waals surface area contributed by atoms with Gasteiger partial charge in [0.05, 0.1) is 13.2 Å². The van der Waals surface area contributed by atoms with Gasteiger partial charge in [-0.05, 0) is 11.0 Å². The van der Waals surface area contributed by atoms with Gasteiger partial charge in [0.25, 0.3) is 0 Å². The van der Waals surface area contributed by atoms with Crippen LogP contribution in [0.5, 0.6) is 0 Å². The fraction of sp³-hybridized carbons (Fsp3) is 1.00. The largest absolute Gasteiger partial charge is 0.394 e. The minimum Gasteiger partial charge on any atom is -0.394 e. The van der Waals surface area contributed by atoms with Crippen molar-refractivity contribution in [2.45, 2.75) is 0 Å². The van der Waals surface area contributed by atoms with Gasteiger partial charge < -0.3 is 9.84 Å². The van der Waals surface area contributed by atoms with Crippen molar-refractivity contribution in [1.82, 2.24) is 0 Å². The molecule has 1 N–H and O–H groups in total. The molecule has 0 heterocycles. The number of rotatable bonds is 2. The Bertz CT molecular complexity index is 16.3. The second kappa shape index (κ2) is 8.93. The Labute approximate surface area is 42.2 Å². The smallest absolute Gasteiger partial charge is 0.0693 e. The van der Waals surface area contributed by atoms with E-state index in [-0.39, 0.29) is 17.6 Å². The summed E-state index contributed by atoms with van der Waals surface area (Å²) in [5.41, 5.74) is 0. The van der Waals surface area contributed by atoms with Gasteiger partial charge in [-0.1, -0.05) is 0 Å². The van der Waals surface area contributed by atoms with Crippen molar-refractivity contribution < 1.29 is 9.84 Å². The molecule has 0 aliphatic carbocycles. The number of aliphatic hydroxyl groups is 1. The van der Waals surface area contributed by atoms with Crippen molar-refractivity contribution >= 4 is 11.0 Å². The van der Waals surface area contributed by atoms with E-state index in [1.165, 1.54) is 0 Å². The molecule has 0 aromatic heterocycles. The van der Waals surface area contributed by atoms with Gasteiger partial charge in [0, 0.05) is 7.11 Å². The predicted molar refractivity (Wildman–Crippen MR) is 30.3 cm³/mol. The fourth-order valence-corrected chi connectivity index (χ4v) is 0.0913. The summed E-state index contributed by atoms with van der Waals surface area (Å²) in [6.45, 7) is 0.566. The molecule has 0 atom stereocenters. The van der Waals surface area contributed by atoms with Crippen LogP contribution < -0.4 is 0 Å². The lowest BCUT2D eigenvalue weighted by atomic mass is 10.8. The van der Waals surface area contributed by atoms with Crippen LogP contribution in [-0.2, 0) is 4.74 Å². The van der Waals surface area contributed by atoms with Crippen LogP contribution in [0.4, 0.5) is 0 Å². The summed E-state index contributed by atoms with van der Waals surface area (Å²) < 4.78 is 4.44. The molecular weight excluding hydrogens is 96.1 g/mol. The summed E-state index contributed by atoms with van der Waals surface area (Å²) in [5.74, 6) is 0. The second-order valence-corrected chi connectivity index (χ2v) is 0.716. The van der Waals surface area contributed by atoms with Crippen molar-refractivity contribution in [3.05, 3.63) is 0 Å². The molecule has 0 rings (SSSR count). The van der Waals surface area contributed by atoms with Crippen molar-refractivity contribution in [1.29, 1.82) is 0 Å². The summed E-state index contributed by atoms with van der Waals surface area (Å²) in [6, 6.07) is 0. The molecule has 0 fully saturated rings. The topological polar surface area (TPSA) is 29.5 Å².